The van der Waals surface area contributed by atoms with E-state index in [1.54, 1.807) is 16.7 Å². The summed E-state index contributed by atoms with van der Waals surface area (Å²) < 4.78 is 0. The number of amides is 2. The summed E-state index contributed by atoms with van der Waals surface area (Å²) in [6, 6.07) is 7.50. The van der Waals surface area contributed by atoms with E-state index in [1.165, 1.54) is 12.5 Å². The van der Waals surface area contributed by atoms with Crippen LogP contribution in [-0.4, -0.2) is 35.8 Å². The molecule has 1 atom stereocenters. The van der Waals surface area contributed by atoms with Gasteiger partial charge in [-0.05, 0) is 26.0 Å². The van der Waals surface area contributed by atoms with Gasteiger partial charge in [0.05, 0.1) is 0 Å². The second kappa shape index (κ2) is 4.80. The lowest BCUT2D eigenvalue weighted by Crippen LogP contribution is -2.57. The maximum atomic E-state index is 12.3. The number of carbonyl (C=O) groups excluding carboxylic acids is 2. The molecule has 18 heavy (non-hydrogen) atoms. The Bertz CT molecular complexity index is 467. The first-order chi connectivity index (χ1) is 8.50. The maximum absolute atomic E-state index is 12.3. The highest BCUT2D eigenvalue weighted by Crippen LogP contribution is 2.20. The minimum Gasteiger partial charge on any atom is -0.329 e. The molecule has 0 saturated carbocycles. The van der Waals surface area contributed by atoms with Crippen LogP contribution < -0.4 is 4.90 Å². The van der Waals surface area contributed by atoms with Gasteiger partial charge in [-0.15, -0.1) is 0 Å². The zero-order valence-electron chi connectivity index (χ0n) is 11.0. The van der Waals surface area contributed by atoms with Crippen LogP contribution in [0.25, 0.3) is 0 Å². The average Bonchev–Trinajstić information content (AvgIpc) is 2.33. The summed E-state index contributed by atoms with van der Waals surface area (Å²) in [5, 5.41) is 0. The normalized spacial score (nSPS) is 20.2. The van der Waals surface area contributed by atoms with E-state index in [2.05, 4.69) is 0 Å². The van der Waals surface area contributed by atoms with Crippen molar-refractivity contribution in [3.63, 3.8) is 0 Å². The molecule has 4 nitrogen and oxygen atoms in total. The number of anilines is 1. The molecule has 1 aromatic carbocycles. The molecule has 0 bridgehead atoms. The van der Waals surface area contributed by atoms with Gasteiger partial charge < -0.3 is 9.80 Å². The zero-order valence-corrected chi connectivity index (χ0v) is 11.0. The van der Waals surface area contributed by atoms with Gasteiger partial charge in [0.25, 0.3) is 0 Å². The minimum atomic E-state index is -0.377. The van der Waals surface area contributed by atoms with Gasteiger partial charge in [-0.25, -0.2) is 0 Å². The quantitative estimate of drug-likeness (QED) is 0.755. The summed E-state index contributed by atoms with van der Waals surface area (Å²) in [5.41, 5.74) is 2.07. The molecule has 0 radical (unpaired) electrons. The lowest BCUT2D eigenvalue weighted by molar-refractivity contribution is -0.139. The highest BCUT2D eigenvalue weighted by atomic mass is 16.2. The van der Waals surface area contributed by atoms with E-state index in [-0.39, 0.29) is 17.9 Å². The average molecular weight is 246 g/mol. The van der Waals surface area contributed by atoms with Crippen molar-refractivity contribution in [3.05, 3.63) is 29.8 Å². The Kier molecular flexibility index (Phi) is 3.36. The summed E-state index contributed by atoms with van der Waals surface area (Å²) >= 11 is 0. The predicted octanol–water partition coefficient (Wildman–Crippen LogP) is 1.58. The number of hydrogen-bond donors (Lipinski definition) is 0. The van der Waals surface area contributed by atoms with Crippen LogP contribution in [0.2, 0.25) is 0 Å². The van der Waals surface area contributed by atoms with Crippen LogP contribution in [0.4, 0.5) is 5.69 Å². The standard InChI is InChI=1S/C14H18N2O2/c1-10-4-6-13(7-5-10)16-9-8-15(12(3)17)11(2)14(16)18/h4-7,11H,8-9H2,1-3H3. The van der Waals surface area contributed by atoms with Crippen LogP contribution in [0.15, 0.2) is 24.3 Å². The first kappa shape index (κ1) is 12.6. The van der Waals surface area contributed by atoms with E-state index < -0.39 is 0 Å². The second-order valence-corrected chi connectivity index (χ2v) is 4.71. The SMILES string of the molecule is CC(=O)N1CCN(c2ccc(C)cc2)C(=O)C1C. The van der Waals surface area contributed by atoms with Crippen molar-refractivity contribution < 1.29 is 9.59 Å². The Labute approximate surface area is 107 Å². The highest BCUT2D eigenvalue weighted by molar-refractivity contribution is 5.99. The largest absolute Gasteiger partial charge is 0.329 e. The van der Waals surface area contributed by atoms with E-state index in [0.29, 0.717) is 13.1 Å². The molecule has 0 aliphatic carbocycles. The van der Waals surface area contributed by atoms with E-state index in [9.17, 15) is 9.59 Å². The van der Waals surface area contributed by atoms with Crippen LogP contribution in [0.3, 0.4) is 0 Å². The summed E-state index contributed by atoms with van der Waals surface area (Å²) in [5.74, 6) is -0.0558. The first-order valence-corrected chi connectivity index (χ1v) is 6.16. The van der Waals surface area contributed by atoms with Crippen LogP contribution in [-0.2, 0) is 9.59 Å². The fourth-order valence-electron chi connectivity index (χ4n) is 2.28. The van der Waals surface area contributed by atoms with E-state index in [4.69, 9.17) is 0 Å². The van der Waals surface area contributed by atoms with Crippen LogP contribution in [0.1, 0.15) is 19.4 Å². The van der Waals surface area contributed by atoms with E-state index in [1.807, 2.05) is 31.2 Å². The van der Waals surface area contributed by atoms with Gasteiger partial charge in [0, 0.05) is 25.7 Å². The summed E-state index contributed by atoms with van der Waals surface area (Å²) in [4.78, 5) is 27.0. The molecule has 1 heterocycles. The van der Waals surface area contributed by atoms with Crippen molar-refractivity contribution in [2.24, 2.45) is 0 Å². The fraction of sp³-hybridized carbons (Fsp3) is 0.429. The molecule has 1 aliphatic heterocycles. The topological polar surface area (TPSA) is 40.6 Å². The number of carbonyl (C=O) groups is 2. The Balaban J connectivity index is 2.20. The number of benzene rings is 1. The van der Waals surface area contributed by atoms with Gasteiger partial charge in [-0.2, -0.15) is 0 Å². The van der Waals surface area contributed by atoms with Crippen molar-refractivity contribution in [2.45, 2.75) is 26.8 Å². The molecular formula is C14H18N2O2. The number of aryl methyl sites for hydroxylation is 1. The highest BCUT2D eigenvalue weighted by Gasteiger charge is 2.33. The second-order valence-electron chi connectivity index (χ2n) is 4.71. The predicted molar refractivity (Wildman–Crippen MR) is 70.4 cm³/mol. The first-order valence-electron chi connectivity index (χ1n) is 6.16. The monoisotopic (exact) mass is 246 g/mol. The van der Waals surface area contributed by atoms with Crippen LogP contribution >= 0.6 is 0 Å². The molecular weight excluding hydrogens is 228 g/mol. The Morgan fingerprint density at radius 2 is 1.83 bits per heavy atom. The van der Waals surface area contributed by atoms with Crippen molar-refractivity contribution >= 4 is 17.5 Å². The molecule has 1 aliphatic rings. The van der Waals surface area contributed by atoms with Gasteiger partial charge in [0.1, 0.15) is 6.04 Å². The number of rotatable bonds is 1. The third kappa shape index (κ3) is 2.23. The molecule has 96 valence electrons. The molecule has 1 saturated heterocycles. The molecule has 0 spiro atoms. The van der Waals surface area contributed by atoms with Crippen molar-refractivity contribution in [3.8, 4) is 0 Å². The smallest absolute Gasteiger partial charge is 0.249 e. The number of hydrogen-bond acceptors (Lipinski definition) is 2. The maximum Gasteiger partial charge on any atom is 0.249 e. The molecule has 0 N–H and O–H groups in total. The third-order valence-corrected chi connectivity index (χ3v) is 3.41. The zero-order chi connectivity index (χ0) is 13.3. The molecule has 4 heteroatoms. The lowest BCUT2D eigenvalue weighted by Gasteiger charge is -2.38. The minimum absolute atomic E-state index is 0.0136. The molecule has 1 fully saturated rings. The lowest BCUT2D eigenvalue weighted by atomic mass is 10.1. The van der Waals surface area contributed by atoms with E-state index in [0.717, 1.165) is 5.69 Å². The van der Waals surface area contributed by atoms with Gasteiger partial charge in [0.2, 0.25) is 11.8 Å². The Hall–Kier alpha value is -1.84. The van der Waals surface area contributed by atoms with Crippen molar-refractivity contribution in [1.82, 2.24) is 4.90 Å². The van der Waals surface area contributed by atoms with Gasteiger partial charge >= 0.3 is 0 Å². The summed E-state index contributed by atoms with van der Waals surface area (Å²) in [6.07, 6.45) is 0. The molecule has 0 aromatic heterocycles. The van der Waals surface area contributed by atoms with Crippen LogP contribution in [0, 0.1) is 6.92 Å². The van der Waals surface area contributed by atoms with Crippen LogP contribution in [0.5, 0.6) is 0 Å². The molecule has 1 aromatic rings. The number of piperazine rings is 1. The fourth-order valence-corrected chi connectivity index (χ4v) is 2.28. The third-order valence-electron chi connectivity index (χ3n) is 3.41. The Morgan fingerprint density at radius 3 is 2.39 bits per heavy atom. The summed E-state index contributed by atoms with van der Waals surface area (Å²) in [7, 11) is 0. The van der Waals surface area contributed by atoms with E-state index >= 15 is 0 Å². The molecule has 2 amide bonds. The van der Waals surface area contributed by atoms with Gasteiger partial charge in [0.15, 0.2) is 0 Å². The van der Waals surface area contributed by atoms with Crippen molar-refractivity contribution in [1.29, 1.82) is 0 Å². The molecule has 2 rings (SSSR count). The number of nitrogens with zero attached hydrogens (tertiary/aromatic N) is 2. The Morgan fingerprint density at radius 1 is 1.22 bits per heavy atom. The summed E-state index contributed by atoms with van der Waals surface area (Å²) in [6.45, 7) is 6.46. The van der Waals surface area contributed by atoms with Gasteiger partial charge in [-0.1, -0.05) is 17.7 Å². The van der Waals surface area contributed by atoms with Crippen molar-refractivity contribution in [2.75, 3.05) is 18.0 Å². The molecule has 1 unspecified atom stereocenters. The van der Waals surface area contributed by atoms with Gasteiger partial charge in [-0.3, -0.25) is 9.59 Å².